The van der Waals surface area contributed by atoms with Crippen molar-refractivity contribution in [2.75, 3.05) is 5.32 Å². The first-order chi connectivity index (χ1) is 15.7. The Labute approximate surface area is 189 Å². The minimum absolute atomic E-state index is 0.0190. The van der Waals surface area contributed by atoms with E-state index in [9.17, 15) is 18.0 Å². The lowest BCUT2D eigenvalue weighted by Crippen LogP contribution is -2.52. The highest BCUT2D eigenvalue weighted by atomic mass is 19.4. The van der Waals surface area contributed by atoms with Gasteiger partial charge in [-0.05, 0) is 56.1 Å². The van der Waals surface area contributed by atoms with E-state index >= 15 is 0 Å². The van der Waals surface area contributed by atoms with Gasteiger partial charge >= 0.3 is 6.18 Å². The molecule has 3 atom stereocenters. The smallest absolute Gasteiger partial charge is 0.332 e. The van der Waals surface area contributed by atoms with Crippen LogP contribution in [0.4, 0.5) is 24.8 Å². The van der Waals surface area contributed by atoms with Crippen molar-refractivity contribution in [2.24, 2.45) is 24.3 Å². The van der Waals surface area contributed by atoms with E-state index in [4.69, 9.17) is 0 Å². The van der Waals surface area contributed by atoms with Crippen LogP contribution in [0.3, 0.4) is 0 Å². The van der Waals surface area contributed by atoms with Gasteiger partial charge in [0.2, 0.25) is 11.9 Å². The number of rotatable bonds is 4. The minimum atomic E-state index is -4.20. The molecule has 174 valence electrons. The van der Waals surface area contributed by atoms with Gasteiger partial charge in [0.1, 0.15) is 0 Å². The van der Waals surface area contributed by atoms with Gasteiger partial charge in [-0.2, -0.15) is 18.3 Å². The van der Waals surface area contributed by atoms with Crippen molar-refractivity contribution in [1.29, 1.82) is 0 Å². The van der Waals surface area contributed by atoms with E-state index < -0.39 is 17.5 Å². The zero-order chi connectivity index (χ0) is 23.0. The summed E-state index contributed by atoms with van der Waals surface area (Å²) in [5.74, 6) is -1.29. The molecule has 10 heteroatoms. The molecule has 2 aromatic heterocycles. The summed E-state index contributed by atoms with van der Waals surface area (Å²) < 4.78 is 41.7. The molecule has 5 aliphatic rings. The molecule has 1 N–H and O–H groups in total. The number of carbonyl (C=O) groups is 1. The molecule has 2 aliphatic heterocycles. The average Bonchev–Trinajstić information content (AvgIpc) is 3.49. The van der Waals surface area contributed by atoms with Crippen LogP contribution in [-0.4, -0.2) is 48.8 Å². The molecule has 3 aliphatic carbocycles. The molecule has 0 radical (unpaired) electrons. The zero-order valence-electron chi connectivity index (χ0n) is 18.2. The van der Waals surface area contributed by atoms with Gasteiger partial charge in [0.25, 0.3) is 0 Å². The number of alkyl halides is 3. The third kappa shape index (κ3) is 3.33. The Bertz CT molecular complexity index is 1140. The number of anilines is 2. The molecule has 0 spiro atoms. The zero-order valence-corrected chi connectivity index (χ0v) is 18.2. The molecule has 3 saturated carbocycles. The standard InChI is InChI=1S/C23H25F3N6O/c1-31-12-15(11-28-31)29-21-27-5-4-19(30-21)13-6-16-2-3-17(7-13)32(16)20(33)22-8-14(9-22)18(10-22)23(24,25)26/h4-6,11-12,14,16-18H,2-3,7-10H2,1H3,(H,27,29,30)/t14?,16?,17?,18-,22?/m0/s1. The van der Waals surface area contributed by atoms with Crippen molar-refractivity contribution in [3.05, 3.63) is 36.4 Å². The molecule has 0 aromatic carbocycles. The normalized spacial score (nSPS) is 32.5. The summed E-state index contributed by atoms with van der Waals surface area (Å²) in [7, 11) is 1.83. The van der Waals surface area contributed by atoms with E-state index in [1.54, 1.807) is 17.1 Å². The second-order valence-electron chi connectivity index (χ2n) is 10.0. The monoisotopic (exact) mass is 458 g/mol. The van der Waals surface area contributed by atoms with Gasteiger partial charge in [0.15, 0.2) is 0 Å². The number of fused-ring (bicyclic) bond motifs is 3. The molecule has 2 unspecified atom stereocenters. The molecule has 7 nitrogen and oxygen atoms in total. The van der Waals surface area contributed by atoms with Crippen molar-refractivity contribution < 1.29 is 18.0 Å². The maximum absolute atomic E-state index is 13.5. The highest BCUT2D eigenvalue weighted by molar-refractivity contribution is 5.87. The fourth-order valence-corrected chi connectivity index (χ4v) is 6.45. The van der Waals surface area contributed by atoms with Crippen molar-refractivity contribution in [3.8, 4) is 0 Å². The summed E-state index contributed by atoms with van der Waals surface area (Å²) in [6.45, 7) is 0. The summed E-state index contributed by atoms with van der Waals surface area (Å²) in [5.41, 5.74) is 1.86. The molecule has 2 aromatic rings. The minimum Gasteiger partial charge on any atom is -0.332 e. The number of hydrogen-bond acceptors (Lipinski definition) is 5. The Kier molecular flexibility index (Phi) is 4.41. The second kappa shape index (κ2) is 7.04. The van der Waals surface area contributed by atoms with E-state index in [1.165, 1.54) is 0 Å². The highest BCUT2D eigenvalue weighted by Crippen LogP contribution is 2.66. The second-order valence-corrected chi connectivity index (χ2v) is 10.0. The quantitative estimate of drug-likeness (QED) is 0.747. The molecule has 7 rings (SSSR count). The van der Waals surface area contributed by atoms with Crippen LogP contribution < -0.4 is 5.32 Å². The Morgan fingerprint density at radius 2 is 2.06 bits per heavy atom. The first-order valence-electron chi connectivity index (χ1n) is 11.4. The average molecular weight is 458 g/mol. The van der Waals surface area contributed by atoms with Crippen LogP contribution >= 0.6 is 0 Å². The summed E-state index contributed by atoms with van der Waals surface area (Å²) in [6, 6.07) is 1.80. The maximum Gasteiger partial charge on any atom is 0.392 e. The third-order valence-electron chi connectivity index (χ3n) is 7.94. The van der Waals surface area contributed by atoms with Crippen molar-refractivity contribution in [2.45, 2.75) is 56.8 Å². The number of halogens is 3. The van der Waals surface area contributed by atoms with Crippen LogP contribution in [0.25, 0.3) is 5.57 Å². The van der Waals surface area contributed by atoms with Crippen molar-refractivity contribution in [3.63, 3.8) is 0 Å². The van der Waals surface area contributed by atoms with Gasteiger partial charge in [-0.1, -0.05) is 6.08 Å². The number of nitrogens with zero attached hydrogens (tertiary/aromatic N) is 5. The molecule has 33 heavy (non-hydrogen) atoms. The maximum atomic E-state index is 13.5. The Morgan fingerprint density at radius 3 is 2.73 bits per heavy atom. The van der Waals surface area contributed by atoms with Crippen molar-refractivity contribution >= 4 is 23.1 Å². The van der Waals surface area contributed by atoms with Crippen LogP contribution in [0.1, 0.15) is 44.2 Å². The predicted octanol–water partition coefficient (Wildman–Crippen LogP) is 4.08. The molecule has 1 amide bonds. The third-order valence-corrected chi connectivity index (χ3v) is 7.94. The van der Waals surface area contributed by atoms with Crippen LogP contribution in [0.2, 0.25) is 0 Å². The Hall–Kier alpha value is -2.91. The fraction of sp³-hybridized carbons (Fsp3) is 0.565. The number of hydrogen-bond donors (Lipinski definition) is 1. The van der Waals surface area contributed by atoms with E-state index in [2.05, 4.69) is 26.5 Å². The van der Waals surface area contributed by atoms with E-state index in [0.29, 0.717) is 25.2 Å². The fourth-order valence-electron chi connectivity index (χ4n) is 6.45. The van der Waals surface area contributed by atoms with Gasteiger partial charge < -0.3 is 10.2 Å². The van der Waals surface area contributed by atoms with E-state index in [0.717, 1.165) is 29.8 Å². The van der Waals surface area contributed by atoms with Crippen LogP contribution in [0.5, 0.6) is 0 Å². The van der Waals surface area contributed by atoms with Gasteiger partial charge in [-0.3, -0.25) is 9.48 Å². The first kappa shape index (κ1) is 20.7. The largest absolute Gasteiger partial charge is 0.392 e. The molecule has 4 fully saturated rings. The Morgan fingerprint density at radius 1 is 1.24 bits per heavy atom. The van der Waals surface area contributed by atoms with Gasteiger partial charge in [0.05, 0.1) is 35.0 Å². The number of aryl methyl sites for hydroxylation is 1. The lowest BCUT2D eigenvalue weighted by atomic mass is 9.68. The van der Waals surface area contributed by atoms with Gasteiger partial charge in [-0.25, -0.2) is 9.97 Å². The molecular formula is C23H25F3N6O. The summed E-state index contributed by atoms with van der Waals surface area (Å²) in [4.78, 5) is 24.3. The molecule has 1 saturated heterocycles. The van der Waals surface area contributed by atoms with Crippen molar-refractivity contribution in [1.82, 2.24) is 24.6 Å². The number of amides is 1. The lowest BCUT2D eigenvalue weighted by Gasteiger charge is -2.44. The number of aromatic nitrogens is 4. The van der Waals surface area contributed by atoms with Gasteiger partial charge in [-0.15, -0.1) is 0 Å². The number of nitrogens with one attached hydrogen (secondary N) is 1. The predicted molar refractivity (Wildman–Crippen MR) is 114 cm³/mol. The SMILES string of the molecule is Cn1cc(Nc2nccc(C3=CC4CCC(C3)N4C(=O)C34CC(C3)[C@@H](C(F)(F)F)C4)n2)cn1. The molecule has 4 bridgehead atoms. The summed E-state index contributed by atoms with van der Waals surface area (Å²) >= 11 is 0. The first-order valence-corrected chi connectivity index (χ1v) is 11.4. The van der Waals surface area contributed by atoms with Crippen LogP contribution in [0, 0.1) is 17.3 Å². The van der Waals surface area contributed by atoms with E-state index in [1.807, 2.05) is 24.2 Å². The summed E-state index contributed by atoms with van der Waals surface area (Å²) in [6.07, 6.45) is 6.20. The topological polar surface area (TPSA) is 75.9 Å². The van der Waals surface area contributed by atoms with E-state index in [-0.39, 0.29) is 30.3 Å². The van der Waals surface area contributed by atoms with Crippen LogP contribution in [-0.2, 0) is 11.8 Å². The highest BCUT2D eigenvalue weighted by Gasteiger charge is 2.68. The molecular weight excluding hydrogens is 433 g/mol. The lowest BCUT2D eigenvalue weighted by molar-refractivity contribution is -0.180. The number of carbonyl (C=O) groups excluding carboxylic acids is 1. The summed E-state index contributed by atoms with van der Waals surface area (Å²) in [5, 5.41) is 7.27. The van der Waals surface area contributed by atoms with Crippen LogP contribution in [0.15, 0.2) is 30.7 Å². The van der Waals surface area contributed by atoms with Gasteiger partial charge in [0, 0.05) is 25.5 Å². The molecule has 4 heterocycles. The Balaban J connectivity index is 1.20.